The molecule has 0 saturated carbocycles. The van der Waals surface area contributed by atoms with Gasteiger partial charge in [0.15, 0.2) is 0 Å². The van der Waals surface area contributed by atoms with E-state index < -0.39 is 0 Å². The van der Waals surface area contributed by atoms with E-state index in [1.54, 1.807) is 7.11 Å². The van der Waals surface area contributed by atoms with Crippen LogP contribution < -0.4 is 4.74 Å². The fraction of sp³-hybridized carbons (Fsp3) is 0.533. The molecule has 2 heteroatoms. The highest BCUT2D eigenvalue weighted by Crippen LogP contribution is 2.26. The summed E-state index contributed by atoms with van der Waals surface area (Å²) in [4.78, 5) is 0. The van der Waals surface area contributed by atoms with Crippen molar-refractivity contribution in [2.75, 3.05) is 7.11 Å². The van der Waals surface area contributed by atoms with Gasteiger partial charge >= 0.3 is 0 Å². The molecule has 0 aliphatic rings. The molecule has 0 saturated heterocycles. The van der Waals surface area contributed by atoms with Crippen molar-refractivity contribution in [2.45, 2.75) is 39.5 Å². The Morgan fingerprint density at radius 3 is 2.53 bits per heavy atom. The Bertz CT molecular complexity index is 404. The van der Waals surface area contributed by atoms with Crippen molar-refractivity contribution in [3.05, 3.63) is 29.3 Å². The first-order valence-corrected chi connectivity index (χ1v) is 6.18. The van der Waals surface area contributed by atoms with Crippen molar-refractivity contribution in [1.82, 2.24) is 0 Å². The van der Waals surface area contributed by atoms with Gasteiger partial charge in [-0.25, -0.2) is 0 Å². The van der Waals surface area contributed by atoms with E-state index in [4.69, 9.17) is 10.00 Å². The number of hydrogen-bond donors (Lipinski definition) is 0. The van der Waals surface area contributed by atoms with Gasteiger partial charge in [0.25, 0.3) is 0 Å². The summed E-state index contributed by atoms with van der Waals surface area (Å²) >= 11 is 0. The minimum absolute atomic E-state index is 0.0753. The van der Waals surface area contributed by atoms with Crippen LogP contribution in [0.25, 0.3) is 0 Å². The highest BCUT2D eigenvalue weighted by atomic mass is 16.5. The molecule has 0 fully saturated rings. The molecule has 1 atom stereocenters. The first-order chi connectivity index (χ1) is 8.12. The lowest BCUT2D eigenvalue weighted by Gasteiger charge is -2.14. The average Bonchev–Trinajstić information content (AvgIpc) is 2.35. The van der Waals surface area contributed by atoms with Crippen LogP contribution in [0.5, 0.6) is 5.75 Å². The smallest absolute Gasteiger partial charge is 0.122 e. The molecule has 1 aromatic carbocycles. The summed E-state index contributed by atoms with van der Waals surface area (Å²) in [7, 11) is 1.68. The van der Waals surface area contributed by atoms with Gasteiger partial charge in [0, 0.05) is 0 Å². The first-order valence-electron chi connectivity index (χ1n) is 6.18. The van der Waals surface area contributed by atoms with Gasteiger partial charge in [0.2, 0.25) is 0 Å². The molecule has 0 aromatic heterocycles. The van der Waals surface area contributed by atoms with Crippen LogP contribution in [0.3, 0.4) is 0 Å². The average molecular weight is 231 g/mol. The molecule has 0 aliphatic heterocycles. The van der Waals surface area contributed by atoms with E-state index in [0.29, 0.717) is 5.92 Å². The summed E-state index contributed by atoms with van der Waals surface area (Å²) in [6.45, 7) is 6.40. The summed E-state index contributed by atoms with van der Waals surface area (Å²) in [6.07, 6.45) is 1.66. The van der Waals surface area contributed by atoms with Crippen molar-refractivity contribution in [3.63, 3.8) is 0 Å². The molecule has 0 amide bonds. The van der Waals surface area contributed by atoms with E-state index >= 15 is 0 Å². The maximum Gasteiger partial charge on any atom is 0.122 e. The summed E-state index contributed by atoms with van der Waals surface area (Å²) in [6, 6.07) is 8.62. The van der Waals surface area contributed by atoms with E-state index in [2.05, 4.69) is 32.0 Å². The third-order valence-electron chi connectivity index (χ3n) is 3.11. The highest BCUT2D eigenvalue weighted by molar-refractivity contribution is 5.39. The second-order valence-corrected chi connectivity index (χ2v) is 4.66. The van der Waals surface area contributed by atoms with Gasteiger partial charge in [-0.3, -0.25) is 0 Å². The topological polar surface area (TPSA) is 33.0 Å². The predicted octanol–water partition coefficient (Wildman–Crippen LogP) is 3.91. The van der Waals surface area contributed by atoms with Crippen LogP contribution in [0, 0.1) is 17.2 Å². The Kier molecular flexibility index (Phi) is 5.03. The molecule has 92 valence electrons. The van der Waals surface area contributed by atoms with Crippen LogP contribution in [-0.4, -0.2) is 7.11 Å². The van der Waals surface area contributed by atoms with Gasteiger partial charge in [-0.2, -0.15) is 5.26 Å². The van der Waals surface area contributed by atoms with Crippen LogP contribution in [-0.2, 0) is 6.42 Å². The third-order valence-corrected chi connectivity index (χ3v) is 3.11. The molecule has 0 bridgehead atoms. The number of nitrogens with zero attached hydrogens (tertiary/aromatic N) is 1. The Hall–Kier alpha value is -1.49. The second-order valence-electron chi connectivity index (χ2n) is 4.66. The summed E-state index contributed by atoms with van der Waals surface area (Å²) in [5.41, 5.74) is 2.45. The summed E-state index contributed by atoms with van der Waals surface area (Å²) in [5.74, 6) is 1.47. The molecule has 0 spiro atoms. The van der Waals surface area contributed by atoms with E-state index in [1.165, 1.54) is 5.56 Å². The zero-order chi connectivity index (χ0) is 12.8. The van der Waals surface area contributed by atoms with E-state index in [9.17, 15) is 0 Å². The quantitative estimate of drug-likeness (QED) is 0.769. The molecule has 17 heavy (non-hydrogen) atoms. The lowest BCUT2D eigenvalue weighted by Crippen LogP contribution is -2.03. The van der Waals surface area contributed by atoms with Crippen molar-refractivity contribution in [3.8, 4) is 11.8 Å². The van der Waals surface area contributed by atoms with Crippen LogP contribution in [0.4, 0.5) is 0 Å². The van der Waals surface area contributed by atoms with Gasteiger partial charge in [-0.05, 0) is 36.0 Å². The minimum Gasteiger partial charge on any atom is -0.496 e. The molecule has 0 aliphatic carbocycles. The monoisotopic (exact) mass is 231 g/mol. The SMILES string of the molecule is CCC(C#N)Cc1cc(C(C)C)ccc1OC. The highest BCUT2D eigenvalue weighted by Gasteiger charge is 2.12. The van der Waals surface area contributed by atoms with Gasteiger partial charge < -0.3 is 4.74 Å². The largest absolute Gasteiger partial charge is 0.496 e. The zero-order valence-electron chi connectivity index (χ0n) is 11.2. The van der Waals surface area contributed by atoms with Gasteiger partial charge in [-0.1, -0.05) is 32.9 Å². The summed E-state index contributed by atoms with van der Waals surface area (Å²) in [5, 5.41) is 9.04. The van der Waals surface area contributed by atoms with Crippen molar-refractivity contribution >= 4 is 0 Å². The summed E-state index contributed by atoms with van der Waals surface area (Å²) < 4.78 is 5.36. The van der Waals surface area contributed by atoms with Gasteiger partial charge in [0.1, 0.15) is 5.75 Å². The third kappa shape index (κ3) is 3.49. The van der Waals surface area contributed by atoms with Crippen LogP contribution in [0.15, 0.2) is 18.2 Å². The maximum absolute atomic E-state index is 9.04. The lowest BCUT2D eigenvalue weighted by molar-refractivity contribution is 0.406. The maximum atomic E-state index is 9.04. The molecule has 0 heterocycles. The van der Waals surface area contributed by atoms with Crippen LogP contribution in [0.1, 0.15) is 44.2 Å². The molecule has 2 nitrogen and oxygen atoms in total. The van der Waals surface area contributed by atoms with Crippen molar-refractivity contribution in [1.29, 1.82) is 5.26 Å². The number of ether oxygens (including phenoxy) is 1. The number of rotatable bonds is 5. The molecule has 1 rings (SSSR count). The van der Waals surface area contributed by atoms with Crippen LogP contribution >= 0.6 is 0 Å². The zero-order valence-corrected chi connectivity index (χ0v) is 11.2. The molecule has 1 unspecified atom stereocenters. The normalized spacial score (nSPS) is 12.2. The molecule has 1 aromatic rings. The molecule has 0 N–H and O–H groups in total. The number of hydrogen-bond acceptors (Lipinski definition) is 2. The van der Waals surface area contributed by atoms with E-state index in [1.807, 2.05) is 13.0 Å². The van der Waals surface area contributed by atoms with Gasteiger partial charge in [0.05, 0.1) is 19.1 Å². The standard InChI is InChI=1S/C15H21NO/c1-5-12(10-16)8-14-9-13(11(2)3)6-7-15(14)17-4/h6-7,9,11-12H,5,8H2,1-4H3. The first kappa shape index (κ1) is 13.6. The fourth-order valence-electron chi connectivity index (χ4n) is 1.86. The van der Waals surface area contributed by atoms with Gasteiger partial charge in [-0.15, -0.1) is 0 Å². The predicted molar refractivity (Wildman–Crippen MR) is 70.2 cm³/mol. The number of nitriles is 1. The van der Waals surface area contributed by atoms with E-state index in [0.717, 1.165) is 24.2 Å². The lowest BCUT2D eigenvalue weighted by atomic mass is 9.93. The fourth-order valence-corrected chi connectivity index (χ4v) is 1.86. The minimum atomic E-state index is 0.0753. The molecular weight excluding hydrogens is 210 g/mol. The molecule has 0 radical (unpaired) electrons. The van der Waals surface area contributed by atoms with Crippen LogP contribution in [0.2, 0.25) is 0 Å². The Balaban J connectivity index is 3.02. The Morgan fingerprint density at radius 2 is 2.06 bits per heavy atom. The second kappa shape index (κ2) is 6.30. The number of benzene rings is 1. The van der Waals surface area contributed by atoms with Crippen molar-refractivity contribution in [2.24, 2.45) is 5.92 Å². The number of methoxy groups -OCH3 is 1. The Labute approximate surface area is 104 Å². The van der Waals surface area contributed by atoms with Crippen molar-refractivity contribution < 1.29 is 4.74 Å². The van der Waals surface area contributed by atoms with E-state index in [-0.39, 0.29) is 5.92 Å². The molecular formula is C15H21NO. The Morgan fingerprint density at radius 1 is 1.35 bits per heavy atom.